The molecule has 0 fully saturated rings. The molecule has 0 atom stereocenters. The van der Waals surface area contributed by atoms with Gasteiger partial charge >= 0.3 is 6.03 Å². The van der Waals surface area contributed by atoms with Crippen LogP contribution in [0.3, 0.4) is 0 Å². The summed E-state index contributed by atoms with van der Waals surface area (Å²) in [4.78, 5) is 24.3. The second kappa shape index (κ2) is 17.7. The van der Waals surface area contributed by atoms with E-state index in [1.54, 1.807) is 24.3 Å². The minimum absolute atomic E-state index is 0.188. The van der Waals surface area contributed by atoms with Crippen LogP contribution in [0.2, 0.25) is 0 Å². The van der Waals surface area contributed by atoms with Gasteiger partial charge in [-0.25, -0.2) is 4.79 Å². The van der Waals surface area contributed by atoms with Crippen LogP contribution in [-0.4, -0.2) is 34.5 Å². The van der Waals surface area contributed by atoms with Gasteiger partial charge < -0.3 is 10.8 Å². The number of benzene rings is 1. The summed E-state index contributed by atoms with van der Waals surface area (Å²) in [5.74, 6) is 0.152. The van der Waals surface area contributed by atoms with Crippen LogP contribution < -0.4 is 16.6 Å². The molecule has 0 bridgehead atoms. The molecule has 0 unspecified atom stereocenters. The lowest BCUT2D eigenvalue weighted by molar-refractivity contribution is -0.124. The molecule has 0 spiro atoms. The molecule has 8 heteroatoms. The number of urea groups is 1. The summed E-state index contributed by atoms with van der Waals surface area (Å²) in [6.45, 7) is 2.76. The van der Waals surface area contributed by atoms with Crippen molar-refractivity contribution in [3.8, 4) is 5.75 Å². The van der Waals surface area contributed by atoms with Crippen LogP contribution in [-0.2, 0) is 4.79 Å². The largest absolute Gasteiger partial charge is 0.508 e. The third-order valence-corrected chi connectivity index (χ3v) is 5.96. The molecule has 1 aromatic rings. The van der Waals surface area contributed by atoms with Crippen molar-refractivity contribution in [2.75, 3.05) is 12.3 Å². The Kier molecular flexibility index (Phi) is 15.5. The molecule has 0 aliphatic carbocycles. The Balaban J connectivity index is 2.13. The molecule has 1 rings (SSSR count). The SMILES string of the molecule is CCCCCCCCCCCCCCN(NC(N)=O)NC(=O)CSc1ccc(O)cc1. The number of amides is 3. The highest BCUT2D eigenvalue weighted by Crippen LogP contribution is 2.20. The Morgan fingerprint density at radius 3 is 1.90 bits per heavy atom. The van der Waals surface area contributed by atoms with Crippen LogP contribution in [0.4, 0.5) is 4.79 Å². The van der Waals surface area contributed by atoms with Gasteiger partial charge in [0.05, 0.1) is 5.75 Å². The lowest BCUT2D eigenvalue weighted by Crippen LogP contribution is -2.55. The minimum Gasteiger partial charge on any atom is -0.508 e. The smallest absolute Gasteiger partial charge is 0.328 e. The summed E-state index contributed by atoms with van der Waals surface area (Å²) in [5.41, 5.74) is 10.3. The van der Waals surface area contributed by atoms with E-state index in [0.29, 0.717) is 6.54 Å². The van der Waals surface area contributed by atoms with E-state index in [0.717, 1.165) is 24.2 Å². The van der Waals surface area contributed by atoms with Gasteiger partial charge in [-0.3, -0.25) is 15.6 Å². The van der Waals surface area contributed by atoms with Gasteiger partial charge in [0.2, 0.25) is 5.91 Å². The number of nitrogens with two attached hydrogens (primary N) is 1. The average Bonchev–Trinajstić information content (AvgIpc) is 2.73. The number of phenolic OH excluding ortho intramolecular Hbond substituents is 1. The molecule has 5 N–H and O–H groups in total. The molecule has 3 amide bonds. The van der Waals surface area contributed by atoms with Crippen LogP contribution in [0.25, 0.3) is 0 Å². The maximum Gasteiger partial charge on any atom is 0.328 e. The molecule has 0 aromatic heterocycles. The summed E-state index contributed by atoms with van der Waals surface area (Å²) >= 11 is 1.35. The minimum atomic E-state index is -0.703. The zero-order valence-electron chi connectivity index (χ0n) is 18.9. The van der Waals surface area contributed by atoms with Crippen molar-refractivity contribution in [3.05, 3.63) is 24.3 Å². The normalized spacial score (nSPS) is 10.9. The summed E-state index contributed by atoms with van der Waals surface area (Å²) in [7, 11) is 0. The summed E-state index contributed by atoms with van der Waals surface area (Å²) in [5, 5.41) is 10.7. The second-order valence-electron chi connectivity index (χ2n) is 7.83. The van der Waals surface area contributed by atoms with Crippen molar-refractivity contribution in [2.24, 2.45) is 5.73 Å². The Bertz CT molecular complexity index is 613. The number of primary amides is 1. The lowest BCUT2D eigenvalue weighted by atomic mass is 10.1. The van der Waals surface area contributed by atoms with E-state index in [1.807, 2.05) is 0 Å². The first-order valence-electron chi connectivity index (χ1n) is 11.6. The predicted molar refractivity (Wildman–Crippen MR) is 127 cm³/mol. The zero-order valence-corrected chi connectivity index (χ0v) is 19.7. The quantitative estimate of drug-likeness (QED) is 0.141. The van der Waals surface area contributed by atoms with Crippen molar-refractivity contribution < 1.29 is 14.7 Å². The summed E-state index contributed by atoms with van der Waals surface area (Å²) < 4.78 is 0. The predicted octanol–water partition coefficient (Wildman–Crippen LogP) is 5.10. The van der Waals surface area contributed by atoms with E-state index >= 15 is 0 Å². The molecule has 7 nitrogen and oxygen atoms in total. The fourth-order valence-corrected chi connectivity index (χ4v) is 3.95. The topological polar surface area (TPSA) is 108 Å². The number of aromatic hydroxyl groups is 1. The molecule has 0 radical (unpaired) electrons. The number of phenols is 1. The van der Waals surface area contributed by atoms with E-state index in [4.69, 9.17) is 5.73 Å². The molecule has 0 saturated heterocycles. The second-order valence-corrected chi connectivity index (χ2v) is 8.88. The van der Waals surface area contributed by atoms with E-state index in [-0.39, 0.29) is 17.4 Å². The molecule has 176 valence electrons. The standard InChI is InChI=1S/C23H40N4O3S/c1-2-3-4-5-6-7-8-9-10-11-12-13-18-27(26-23(24)30)25-22(29)19-31-21-16-14-20(28)15-17-21/h14-17,28H,2-13,18-19H2,1H3,(H,25,29)(H3,24,26,30). The fraction of sp³-hybridized carbons (Fsp3) is 0.652. The van der Waals surface area contributed by atoms with Crippen molar-refractivity contribution in [1.82, 2.24) is 16.0 Å². The Labute approximate surface area is 191 Å². The maximum absolute atomic E-state index is 12.2. The molecule has 0 saturated carbocycles. The number of nitrogens with zero attached hydrogens (tertiary/aromatic N) is 1. The molecular formula is C23H40N4O3S. The maximum atomic E-state index is 12.2. The number of hydrogen-bond donors (Lipinski definition) is 4. The van der Waals surface area contributed by atoms with Crippen molar-refractivity contribution in [2.45, 2.75) is 88.9 Å². The molecule has 0 aliphatic heterocycles. The molecule has 0 aliphatic rings. The van der Waals surface area contributed by atoms with Crippen molar-refractivity contribution >= 4 is 23.7 Å². The van der Waals surface area contributed by atoms with E-state index in [9.17, 15) is 14.7 Å². The third-order valence-electron chi connectivity index (χ3n) is 4.95. The van der Waals surface area contributed by atoms with Crippen LogP contribution >= 0.6 is 11.8 Å². The Hall–Kier alpha value is -1.93. The number of hydrazine groups is 2. The monoisotopic (exact) mass is 452 g/mol. The summed E-state index contributed by atoms with van der Waals surface area (Å²) in [6.07, 6.45) is 15.0. The van der Waals surface area contributed by atoms with Gasteiger partial charge in [-0.05, 0) is 30.7 Å². The third kappa shape index (κ3) is 15.5. The van der Waals surface area contributed by atoms with E-state index < -0.39 is 6.03 Å². The van der Waals surface area contributed by atoms with Crippen LogP contribution in [0, 0.1) is 0 Å². The highest BCUT2D eigenvalue weighted by Gasteiger charge is 2.11. The number of thioether (sulfide) groups is 1. The van der Waals surface area contributed by atoms with Gasteiger partial charge in [0.15, 0.2) is 0 Å². The van der Waals surface area contributed by atoms with Crippen LogP contribution in [0.5, 0.6) is 5.75 Å². The van der Waals surface area contributed by atoms with Gasteiger partial charge in [0.25, 0.3) is 0 Å². The van der Waals surface area contributed by atoms with Gasteiger partial charge in [-0.2, -0.15) is 0 Å². The number of rotatable bonds is 18. The lowest BCUT2D eigenvalue weighted by Gasteiger charge is -2.22. The van der Waals surface area contributed by atoms with Gasteiger partial charge in [-0.15, -0.1) is 16.9 Å². The molecule has 0 heterocycles. The number of carbonyl (C=O) groups excluding carboxylic acids is 2. The number of hydrogen-bond acceptors (Lipinski definition) is 5. The van der Waals surface area contributed by atoms with E-state index in [2.05, 4.69) is 17.8 Å². The number of nitrogens with one attached hydrogen (secondary N) is 2. The first-order chi connectivity index (χ1) is 15.0. The van der Waals surface area contributed by atoms with Crippen molar-refractivity contribution in [1.29, 1.82) is 0 Å². The number of unbranched alkanes of at least 4 members (excludes halogenated alkanes) is 11. The Morgan fingerprint density at radius 2 is 1.39 bits per heavy atom. The van der Waals surface area contributed by atoms with E-state index in [1.165, 1.54) is 74.7 Å². The summed E-state index contributed by atoms with van der Waals surface area (Å²) in [6, 6.07) is 5.95. The first-order valence-corrected chi connectivity index (χ1v) is 12.5. The average molecular weight is 453 g/mol. The fourth-order valence-electron chi connectivity index (χ4n) is 3.26. The van der Waals surface area contributed by atoms with Crippen molar-refractivity contribution in [3.63, 3.8) is 0 Å². The Morgan fingerprint density at radius 1 is 0.871 bits per heavy atom. The first kappa shape index (κ1) is 27.1. The van der Waals surface area contributed by atoms with Gasteiger partial charge in [0, 0.05) is 11.4 Å². The van der Waals surface area contributed by atoms with Gasteiger partial charge in [-0.1, -0.05) is 77.6 Å². The van der Waals surface area contributed by atoms with Gasteiger partial charge in [0.1, 0.15) is 5.75 Å². The zero-order chi connectivity index (χ0) is 22.7. The van der Waals surface area contributed by atoms with Crippen LogP contribution in [0.1, 0.15) is 84.0 Å². The molecule has 1 aromatic carbocycles. The number of carbonyl (C=O) groups is 2. The molecule has 31 heavy (non-hydrogen) atoms. The molecular weight excluding hydrogens is 412 g/mol. The highest BCUT2D eigenvalue weighted by molar-refractivity contribution is 8.00. The highest BCUT2D eigenvalue weighted by atomic mass is 32.2. The van der Waals surface area contributed by atoms with Crippen LogP contribution in [0.15, 0.2) is 29.2 Å².